The molecule has 0 saturated carbocycles. The molecule has 3 atom stereocenters. The molecule has 130 valence electrons. The minimum absolute atomic E-state index is 0.141. The Morgan fingerprint density at radius 1 is 1.24 bits per heavy atom. The number of aryl methyl sites for hydroxylation is 1. The lowest BCUT2D eigenvalue weighted by Gasteiger charge is -2.33. The first-order chi connectivity index (χ1) is 12.3. The molecule has 5 heteroatoms. The second-order valence-electron chi connectivity index (χ2n) is 6.96. The molecule has 2 aromatic rings. The third-order valence-corrected chi connectivity index (χ3v) is 5.48. The number of hydrogen-bond donors (Lipinski definition) is 2. The number of likely N-dealkylation sites (tertiary alicyclic amines) is 1. The molecule has 1 aromatic heterocycles. The lowest BCUT2D eigenvalue weighted by molar-refractivity contribution is 0.0704. The van der Waals surface area contributed by atoms with Gasteiger partial charge in [-0.1, -0.05) is 18.2 Å². The number of carbonyl (C=O) groups is 1. The van der Waals surface area contributed by atoms with Crippen molar-refractivity contribution in [2.45, 2.75) is 37.8 Å². The summed E-state index contributed by atoms with van der Waals surface area (Å²) < 4.78 is 0. The van der Waals surface area contributed by atoms with Crippen LogP contribution in [-0.4, -0.2) is 41.0 Å². The largest absolute Gasteiger partial charge is 0.334 e. The van der Waals surface area contributed by atoms with Gasteiger partial charge in [-0.3, -0.25) is 20.6 Å². The van der Waals surface area contributed by atoms with E-state index in [1.165, 1.54) is 11.1 Å². The van der Waals surface area contributed by atoms with Crippen molar-refractivity contribution in [1.29, 1.82) is 0 Å². The fraction of sp³-hybridized carbons (Fsp3) is 0.400. The molecule has 2 saturated heterocycles. The number of hydrogen-bond acceptors (Lipinski definition) is 4. The molecule has 1 aromatic carbocycles. The molecule has 2 fully saturated rings. The van der Waals surface area contributed by atoms with Crippen molar-refractivity contribution in [3.63, 3.8) is 0 Å². The summed E-state index contributed by atoms with van der Waals surface area (Å²) in [5.41, 5.74) is 10.1. The summed E-state index contributed by atoms with van der Waals surface area (Å²) in [6.45, 7) is 3.82. The maximum Gasteiger partial charge on any atom is 0.254 e. The third kappa shape index (κ3) is 3.05. The Bertz CT molecular complexity index is 748. The minimum Gasteiger partial charge on any atom is -0.334 e. The summed E-state index contributed by atoms with van der Waals surface area (Å²) >= 11 is 0. The molecule has 4 rings (SSSR count). The highest BCUT2D eigenvalue weighted by atomic mass is 16.2. The Morgan fingerprint density at radius 2 is 2.08 bits per heavy atom. The van der Waals surface area contributed by atoms with Crippen molar-refractivity contribution in [2.75, 3.05) is 13.1 Å². The molecule has 3 heterocycles. The summed E-state index contributed by atoms with van der Waals surface area (Å²) in [5.74, 6) is 0.485. The predicted octanol–water partition coefficient (Wildman–Crippen LogP) is 2.25. The Balaban J connectivity index is 1.59. The fourth-order valence-electron chi connectivity index (χ4n) is 4.25. The van der Waals surface area contributed by atoms with Crippen molar-refractivity contribution in [1.82, 2.24) is 20.7 Å². The van der Waals surface area contributed by atoms with Crippen LogP contribution in [0.25, 0.3) is 0 Å². The number of amides is 1. The standard InChI is InChI=1S/C20H24N4O/c1-14-12-21-10-9-16(14)17-13-22-23-19(17)18-8-5-11-24(18)20(25)15-6-3-2-4-7-15/h2-4,6-7,9-10,12,17-19,22-23H,5,8,11,13H2,1H3. The molecule has 0 aliphatic carbocycles. The maximum absolute atomic E-state index is 13.0. The van der Waals surface area contributed by atoms with Gasteiger partial charge in [0.1, 0.15) is 0 Å². The third-order valence-electron chi connectivity index (χ3n) is 5.48. The smallest absolute Gasteiger partial charge is 0.254 e. The van der Waals surface area contributed by atoms with Gasteiger partial charge >= 0.3 is 0 Å². The van der Waals surface area contributed by atoms with Crippen LogP contribution >= 0.6 is 0 Å². The van der Waals surface area contributed by atoms with Gasteiger partial charge in [0.25, 0.3) is 5.91 Å². The maximum atomic E-state index is 13.0. The Labute approximate surface area is 148 Å². The van der Waals surface area contributed by atoms with Gasteiger partial charge in [0.15, 0.2) is 0 Å². The highest BCUT2D eigenvalue weighted by molar-refractivity contribution is 5.94. The molecule has 2 aliphatic heterocycles. The average Bonchev–Trinajstić information content (AvgIpc) is 3.31. The van der Waals surface area contributed by atoms with Crippen LogP contribution in [0.15, 0.2) is 48.8 Å². The normalized spacial score (nSPS) is 26.1. The highest BCUT2D eigenvalue weighted by Crippen LogP contribution is 2.33. The molecule has 0 radical (unpaired) electrons. The van der Waals surface area contributed by atoms with Gasteiger partial charge in [-0.15, -0.1) is 0 Å². The van der Waals surface area contributed by atoms with E-state index in [1.54, 1.807) is 0 Å². The Morgan fingerprint density at radius 3 is 2.88 bits per heavy atom. The fourth-order valence-corrected chi connectivity index (χ4v) is 4.25. The number of nitrogens with zero attached hydrogens (tertiary/aromatic N) is 2. The highest BCUT2D eigenvalue weighted by Gasteiger charge is 2.41. The number of carbonyl (C=O) groups excluding carboxylic acids is 1. The SMILES string of the molecule is Cc1cnccc1C1CNNC1C1CCCN1C(=O)c1ccccc1. The van der Waals surface area contributed by atoms with E-state index in [-0.39, 0.29) is 18.0 Å². The molecule has 0 spiro atoms. The molecular formula is C20H24N4O. The second kappa shape index (κ2) is 6.94. The minimum atomic E-state index is 0.141. The molecule has 3 unspecified atom stereocenters. The molecule has 2 aliphatic rings. The van der Waals surface area contributed by atoms with Crippen molar-refractivity contribution >= 4 is 5.91 Å². The summed E-state index contributed by atoms with van der Waals surface area (Å²) in [5, 5.41) is 0. The first kappa shape index (κ1) is 16.2. The molecule has 1 amide bonds. The van der Waals surface area contributed by atoms with Crippen LogP contribution in [0.2, 0.25) is 0 Å². The van der Waals surface area contributed by atoms with E-state index in [2.05, 4.69) is 33.7 Å². The van der Waals surface area contributed by atoms with Gasteiger partial charge in [-0.2, -0.15) is 0 Å². The van der Waals surface area contributed by atoms with Gasteiger partial charge in [0, 0.05) is 49.0 Å². The Kier molecular flexibility index (Phi) is 4.51. The van der Waals surface area contributed by atoms with E-state index in [1.807, 2.05) is 42.7 Å². The summed E-state index contributed by atoms with van der Waals surface area (Å²) in [4.78, 5) is 19.3. The number of pyridine rings is 1. The topological polar surface area (TPSA) is 57.3 Å². The average molecular weight is 336 g/mol. The van der Waals surface area contributed by atoms with Crippen LogP contribution in [0.5, 0.6) is 0 Å². The summed E-state index contributed by atoms with van der Waals surface area (Å²) in [6, 6.07) is 12.2. The van der Waals surface area contributed by atoms with E-state index < -0.39 is 0 Å². The number of aromatic nitrogens is 1. The van der Waals surface area contributed by atoms with Gasteiger partial charge in [0.2, 0.25) is 0 Å². The molecule has 25 heavy (non-hydrogen) atoms. The molecule has 0 bridgehead atoms. The number of nitrogens with one attached hydrogen (secondary N) is 2. The number of rotatable bonds is 3. The summed E-state index contributed by atoms with van der Waals surface area (Å²) in [7, 11) is 0. The van der Waals surface area contributed by atoms with Crippen LogP contribution in [0, 0.1) is 6.92 Å². The second-order valence-corrected chi connectivity index (χ2v) is 6.96. The molecule has 2 N–H and O–H groups in total. The first-order valence-electron chi connectivity index (χ1n) is 9.00. The lowest BCUT2D eigenvalue weighted by atomic mass is 9.86. The number of benzene rings is 1. The zero-order chi connectivity index (χ0) is 17.2. The summed E-state index contributed by atoms with van der Waals surface area (Å²) in [6.07, 6.45) is 5.88. The predicted molar refractivity (Wildman–Crippen MR) is 97.1 cm³/mol. The van der Waals surface area contributed by atoms with E-state index in [0.29, 0.717) is 5.92 Å². The van der Waals surface area contributed by atoms with Crippen LogP contribution in [-0.2, 0) is 0 Å². The van der Waals surface area contributed by atoms with Crippen molar-refractivity contribution in [3.8, 4) is 0 Å². The zero-order valence-electron chi connectivity index (χ0n) is 14.5. The van der Waals surface area contributed by atoms with Crippen LogP contribution in [0.3, 0.4) is 0 Å². The molecule has 5 nitrogen and oxygen atoms in total. The van der Waals surface area contributed by atoms with Crippen molar-refractivity contribution < 1.29 is 4.79 Å². The van der Waals surface area contributed by atoms with Gasteiger partial charge in [-0.05, 0) is 49.1 Å². The molecular weight excluding hydrogens is 312 g/mol. The van der Waals surface area contributed by atoms with E-state index in [0.717, 1.165) is 31.5 Å². The monoisotopic (exact) mass is 336 g/mol. The van der Waals surface area contributed by atoms with Gasteiger partial charge in [0.05, 0.1) is 0 Å². The van der Waals surface area contributed by atoms with Crippen molar-refractivity contribution in [3.05, 3.63) is 65.5 Å². The quantitative estimate of drug-likeness (QED) is 0.903. The van der Waals surface area contributed by atoms with Crippen molar-refractivity contribution in [2.24, 2.45) is 0 Å². The lowest BCUT2D eigenvalue weighted by Crippen LogP contribution is -2.49. The van der Waals surface area contributed by atoms with Gasteiger partial charge in [-0.25, -0.2) is 0 Å². The first-order valence-corrected chi connectivity index (χ1v) is 9.00. The van der Waals surface area contributed by atoms with Crippen LogP contribution in [0.1, 0.15) is 40.2 Å². The van der Waals surface area contributed by atoms with Gasteiger partial charge < -0.3 is 4.90 Å². The van der Waals surface area contributed by atoms with Crippen LogP contribution < -0.4 is 10.9 Å². The zero-order valence-corrected chi connectivity index (χ0v) is 14.5. The van der Waals surface area contributed by atoms with E-state index in [9.17, 15) is 4.79 Å². The van der Waals surface area contributed by atoms with E-state index >= 15 is 0 Å². The van der Waals surface area contributed by atoms with E-state index in [4.69, 9.17) is 0 Å². The number of hydrazine groups is 1. The Hall–Kier alpha value is -2.24. The van der Waals surface area contributed by atoms with Crippen LogP contribution in [0.4, 0.5) is 0 Å².